The molecule has 0 spiro atoms. The van der Waals surface area contributed by atoms with Gasteiger partial charge in [-0.1, -0.05) is 36.4 Å². The van der Waals surface area contributed by atoms with E-state index < -0.39 is 0 Å². The van der Waals surface area contributed by atoms with E-state index in [1.54, 1.807) is 6.20 Å². The average molecular weight is 310 g/mol. The van der Waals surface area contributed by atoms with E-state index in [0.29, 0.717) is 6.61 Å². The third kappa shape index (κ3) is 3.70. The molecule has 1 aromatic heterocycles. The van der Waals surface area contributed by atoms with Gasteiger partial charge in [-0.15, -0.1) is 0 Å². The summed E-state index contributed by atoms with van der Waals surface area (Å²) in [7, 11) is 0. The summed E-state index contributed by atoms with van der Waals surface area (Å²) in [5.41, 5.74) is 3.12. The summed E-state index contributed by atoms with van der Waals surface area (Å²) < 4.78 is 5.52. The normalized spacial score (nSPS) is 17.8. The molecule has 1 aliphatic rings. The maximum Gasteiger partial charge on any atom is 0.410 e. The molecule has 4 heteroatoms. The van der Waals surface area contributed by atoms with Crippen molar-refractivity contribution in [2.45, 2.75) is 38.8 Å². The molecule has 23 heavy (non-hydrogen) atoms. The van der Waals surface area contributed by atoms with Gasteiger partial charge in [0.15, 0.2) is 0 Å². The first-order valence-corrected chi connectivity index (χ1v) is 8.14. The molecule has 2 heterocycles. The number of rotatable bonds is 3. The summed E-state index contributed by atoms with van der Waals surface area (Å²) in [5, 5.41) is 0. The number of ether oxygens (including phenoxy) is 1. The van der Waals surface area contributed by atoms with Gasteiger partial charge in [-0.25, -0.2) is 4.79 Å². The summed E-state index contributed by atoms with van der Waals surface area (Å²) in [6, 6.07) is 13.8. The predicted octanol–water partition coefficient (Wildman–Crippen LogP) is 4.25. The molecule has 1 fully saturated rings. The average Bonchev–Trinajstić information content (AvgIpc) is 2.61. The van der Waals surface area contributed by atoms with Crippen molar-refractivity contribution in [1.82, 2.24) is 9.88 Å². The largest absolute Gasteiger partial charge is 0.445 e. The van der Waals surface area contributed by atoms with E-state index in [1.807, 2.05) is 54.3 Å². The van der Waals surface area contributed by atoms with Crippen molar-refractivity contribution < 1.29 is 9.53 Å². The fourth-order valence-corrected chi connectivity index (χ4v) is 3.08. The molecule has 1 atom stereocenters. The van der Waals surface area contributed by atoms with Gasteiger partial charge < -0.3 is 4.74 Å². The van der Waals surface area contributed by atoms with Crippen molar-refractivity contribution in [2.24, 2.45) is 0 Å². The molecule has 3 rings (SSSR count). The van der Waals surface area contributed by atoms with Crippen molar-refractivity contribution in [1.29, 1.82) is 0 Å². The monoisotopic (exact) mass is 310 g/mol. The van der Waals surface area contributed by atoms with Crippen LogP contribution in [0, 0.1) is 6.92 Å². The number of carbonyl (C=O) groups excluding carboxylic acids is 1. The van der Waals surface area contributed by atoms with Gasteiger partial charge in [0.2, 0.25) is 0 Å². The highest BCUT2D eigenvalue weighted by Crippen LogP contribution is 2.31. The third-order valence-corrected chi connectivity index (χ3v) is 4.31. The van der Waals surface area contributed by atoms with Crippen molar-refractivity contribution in [3.05, 3.63) is 65.5 Å². The van der Waals surface area contributed by atoms with E-state index in [9.17, 15) is 4.79 Å². The minimum atomic E-state index is -0.247. The van der Waals surface area contributed by atoms with E-state index in [-0.39, 0.29) is 12.1 Å². The maximum atomic E-state index is 12.5. The summed E-state index contributed by atoms with van der Waals surface area (Å²) in [6.07, 6.45) is 4.62. The van der Waals surface area contributed by atoms with Crippen LogP contribution in [-0.2, 0) is 11.3 Å². The molecular weight excluding hydrogens is 288 g/mol. The van der Waals surface area contributed by atoms with Gasteiger partial charge >= 0.3 is 6.09 Å². The lowest BCUT2D eigenvalue weighted by Crippen LogP contribution is -2.39. The highest BCUT2D eigenvalue weighted by molar-refractivity contribution is 5.68. The zero-order chi connectivity index (χ0) is 16.1. The Morgan fingerprint density at radius 3 is 2.83 bits per heavy atom. The molecule has 0 unspecified atom stereocenters. The molecule has 4 nitrogen and oxygen atoms in total. The van der Waals surface area contributed by atoms with Gasteiger partial charge in [-0.2, -0.15) is 0 Å². The Morgan fingerprint density at radius 2 is 2.04 bits per heavy atom. The summed E-state index contributed by atoms with van der Waals surface area (Å²) in [5.74, 6) is 0. The van der Waals surface area contributed by atoms with Crippen molar-refractivity contribution in [3.8, 4) is 0 Å². The summed E-state index contributed by atoms with van der Waals surface area (Å²) >= 11 is 0. The lowest BCUT2D eigenvalue weighted by molar-refractivity contribution is 0.0668. The second-order valence-corrected chi connectivity index (χ2v) is 5.95. The van der Waals surface area contributed by atoms with Gasteiger partial charge in [0.25, 0.3) is 0 Å². The molecule has 0 aliphatic carbocycles. The molecular formula is C19H22N2O2. The molecule has 1 aliphatic heterocycles. The van der Waals surface area contributed by atoms with Crippen molar-refractivity contribution in [3.63, 3.8) is 0 Å². The van der Waals surface area contributed by atoms with Crippen LogP contribution < -0.4 is 0 Å². The molecule has 1 amide bonds. The lowest BCUT2D eigenvalue weighted by atomic mass is 9.97. The molecule has 0 bridgehead atoms. The van der Waals surface area contributed by atoms with Crippen LogP contribution >= 0.6 is 0 Å². The molecule has 120 valence electrons. The number of benzene rings is 1. The zero-order valence-corrected chi connectivity index (χ0v) is 13.4. The predicted molar refractivity (Wildman–Crippen MR) is 88.9 cm³/mol. The minimum absolute atomic E-state index is 0.0215. The van der Waals surface area contributed by atoms with E-state index in [0.717, 1.165) is 42.6 Å². The van der Waals surface area contributed by atoms with Crippen LogP contribution in [0.15, 0.2) is 48.7 Å². The Balaban J connectivity index is 1.71. The Bertz CT molecular complexity index is 657. The first-order valence-electron chi connectivity index (χ1n) is 8.14. The minimum Gasteiger partial charge on any atom is -0.445 e. The standard InChI is InChI=1S/C19H22N2O2/c1-15-8-7-12-20-18(15)17-11-5-6-13-21(17)19(22)23-14-16-9-3-2-4-10-16/h2-4,7-10,12,17H,5-6,11,13-14H2,1H3/t17-/m1/s1. The van der Waals surface area contributed by atoms with Gasteiger partial charge in [0.05, 0.1) is 11.7 Å². The number of nitrogens with zero attached hydrogens (tertiary/aromatic N) is 2. The maximum absolute atomic E-state index is 12.5. The zero-order valence-electron chi connectivity index (χ0n) is 13.4. The summed E-state index contributed by atoms with van der Waals surface area (Å²) in [4.78, 5) is 18.9. The van der Waals surface area contributed by atoms with Crippen LogP contribution in [-0.4, -0.2) is 22.5 Å². The SMILES string of the molecule is Cc1cccnc1[C@H]1CCCCN1C(=O)OCc1ccccc1. The van der Waals surface area contributed by atoms with Crippen molar-refractivity contribution in [2.75, 3.05) is 6.54 Å². The fraction of sp³-hybridized carbons (Fsp3) is 0.368. The first-order chi connectivity index (χ1) is 11.3. The number of hydrogen-bond acceptors (Lipinski definition) is 3. The van der Waals surface area contributed by atoms with Crippen molar-refractivity contribution >= 4 is 6.09 Å². The van der Waals surface area contributed by atoms with Crippen LogP contribution in [0.25, 0.3) is 0 Å². The van der Waals surface area contributed by atoms with Crippen LogP contribution in [0.5, 0.6) is 0 Å². The number of piperidine rings is 1. The van der Waals surface area contributed by atoms with Crippen LogP contribution in [0.3, 0.4) is 0 Å². The third-order valence-electron chi connectivity index (χ3n) is 4.31. The molecule has 1 aromatic carbocycles. The quantitative estimate of drug-likeness (QED) is 0.851. The van der Waals surface area contributed by atoms with Gasteiger partial charge in [-0.3, -0.25) is 9.88 Å². The number of aryl methyl sites for hydroxylation is 1. The van der Waals surface area contributed by atoms with E-state index in [4.69, 9.17) is 4.74 Å². The highest BCUT2D eigenvalue weighted by Gasteiger charge is 2.30. The number of carbonyl (C=O) groups is 1. The molecule has 0 N–H and O–H groups in total. The Morgan fingerprint density at radius 1 is 1.22 bits per heavy atom. The van der Waals surface area contributed by atoms with Gasteiger partial charge in [0, 0.05) is 12.7 Å². The summed E-state index contributed by atoms with van der Waals surface area (Å²) in [6.45, 7) is 3.09. The molecule has 0 radical (unpaired) electrons. The number of likely N-dealkylation sites (tertiary alicyclic amines) is 1. The van der Waals surface area contributed by atoms with Crippen LogP contribution in [0.4, 0.5) is 4.79 Å². The second-order valence-electron chi connectivity index (χ2n) is 5.95. The number of hydrogen-bond donors (Lipinski definition) is 0. The topological polar surface area (TPSA) is 42.4 Å². The number of aromatic nitrogens is 1. The molecule has 1 saturated heterocycles. The highest BCUT2D eigenvalue weighted by atomic mass is 16.6. The van der Waals surface area contributed by atoms with Crippen LogP contribution in [0.2, 0.25) is 0 Å². The smallest absolute Gasteiger partial charge is 0.410 e. The van der Waals surface area contributed by atoms with Gasteiger partial charge in [0.1, 0.15) is 6.61 Å². The molecule has 2 aromatic rings. The second kappa shape index (κ2) is 7.27. The van der Waals surface area contributed by atoms with E-state index in [2.05, 4.69) is 4.98 Å². The van der Waals surface area contributed by atoms with Crippen LogP contribution in [0.1, 0.15) is 42.1 Å². The van der Waals surface area contributed by atoms with E-state index >= 15 is 0 Å². The first kappa shape index (κ1) is 15.5. The van der Waals surface area contributed by atoms with E-state index in [1.165, 1.54) is 0 Å². The Kier molecular flexibility index (Phi) is 4.91. The Labute approximate surface area is 137 Å². The molecule has 0 saturated carbocycles. The number of pyridine rings is 1. The number of amides is 1. The van der Waals surface area contributed by atoms with Gasteiger partial charge in [-0.05, 0) is 43.4 Å². The fourth-order valence-electron chi connectivity index (χ4n) is 3.08. The lowest BCUT2D eigenvalue weighted by Gasteiger charge is -2.35. The Hall–Kier alpha value is -2.36.